The lowest BCUT2D eigenvalue weighted by atomic mass is 9.90. The van der Waals surface area contributed by atoms with Crippen LogP contribution in [-0.2, 0) is 12.7 Å². The molecular weight excluding hydrogens is 269 g/mol. The first-order valence-corrected chi connectivity index (χ1v) is 6.75. The van der Waals surface area contributed by atoms with E-state index in [0.717, 1.165) is 25.3 Å². The predicted molar refractivity (Wildman–Crippen MR) is 71.4 cm³/mol. The van der Waals surface area contributed by atoms with E-state index in [4.69, 9.17) is 10.8 Å². The van der Waals surface area contributed by atoms with Gasteiger partial charge in [0.2, 0.25) is 0 Å². The van der Waals surface area contributed by atoms with Crippen LogP contribution < -0.4 is 10.6 Å². The zero-order chi connectivity index (χ0) is 14.8. The summed E-state index contributed by atoms with van der Waals surface area (Å²) in [4.78, 5) is 1.67. The summed E-state index contributed by atoms with van der Waals surface area (Å²) in [6.07, 6.45) is -1.65. The van der Waals surface area contributed by atoms with Crippen LogP contribution in [0.2, 0.25) is 0 Å². The molecule has 3 N–H and O–H groups in total. The van der Waals surface area contributed by atoms with Crippen molar-refractivity contribution in [3.63, 3.8) is 0 Å². The average Bonchev–Trinajstić information content (AvgIpc) is 2.34. The summed E-state index contributed by atoms with van der Waals surface area (Å²) in [5.41, 5.74) is 5.36. The molecular formula is C14H19F3N2O. The number of anilines is 1. The molecule has 0 heterocycles. The van der Waals surface area contributed by atoms with E-state index in [1.807, 2.05) is 0 Å². The highest BCUT2D eigenvalue weighted by Crippen LogP contribution is 2.40. The number of aliphatic hydroxyl groups excluding tert-OH is 1. The molecule has 0 spiro atoms. The van der Waals surface area contributed by atoms with E-state index < -0.39 is 11.7 Å². The molecule has 0 aliphatic heterocycles. The van der Waals surface area contributed by atoms with Gasteiger partial charge in [0, 0.05) is 24.8 Å². The van der Waals surface area contributed by atoms with E-state index in [1.54, 1.807) is 11.0 Å². The topological polar surface area (TPSA) is 49.5 Å². The Morgan fingerprint density at radius 2 is 2.00 bits per heavy atom. The van der Waals surface area contributed by atoms with Crippen molar-refractivity contribution in [3.05, 3.63) is 29.3 Å². The molecule has 1 aromatic rings. The molecule has 0 bridgehead atoms. The van der Waals surface area contributed by atoms with Gasteiger partial charge in [-0.3, -0.25) is 0 Å². The maximum absolute atomic E-state index is 13.2. The second-order valence-corrected chi connectivity index (χ2v) is 5.06. The van der Waals surface area contributed by atoms with Crippen molar-refractivity contribution in [2.24, 2.45) is 5.73 Å². The van der Waals surface area contributed by atoms with Gasteiger partial charge in [0.05, 0.1) is 12.2 Å². The lowest BCUT2D eigenvalue weighted by molar-refractivity contribution is -0.137. The molecule has 1 aliphatic rings. The summed E-state index contributed by atoms with van der Waals surface area (Å²) in [7, 11) is 0. The van der Waals surface area contributed by atoms with Crippen LogP contribution in [-0.4, -0.2) is 24.3 Å². The number of nitrogens with zero attached hydrogens (tertiary/aromatic N) is 1. The van der Waals surface area contributed by atoms with Gasteiger partial charge >= 0.3 is 6.18 Å². The summed E-state index contributed by atoms with van der Waals surface area (Å²) < 4.78 is 39.7. The normalized spacial score (nSPS) is 16.1. The smallest absolute Gasteiger partial charge is 0.395 e. The summed E-state index contributed by atoms with van der Waals surface area (Å²) in [5.74, 6) is 0. The van der Waals surface area contributed by atoms with Crippen LogP contribution in [0.15, 0.2) is 18.2 Å². The van der Waals surface area contributed by atoms with Gasteiger partial charge in [-0.05, 0) is 37.0 Å². The molecule has 1 aliphatic carbocycles. The summed E-state index contributed by atoms with van der Waals surface area (Å²) in [6, 6.07) is 4.29. The van der Waals surface area contributed by atoms with Gasteiger partial charge in [-0.2, -0.15) is 13.2 Å². The van der Waals surface area contributed by atoms with Gasteiger partial charge in [-0.25, -0.2) is 0 Å². The molecule has 2 rings (SSSR count). The maximum atomic E-state index is 13.2. The highest BCUT2D eigenvalue weighted by Gasteiger charge is 2.37. The SMILES string of the molecule is NCc1ccc(N(CCO)C2CCC2)c(C(F)(F)F)c1. The van der Waals surface area contributed by atoms with Crippen molar-refractivity contribution >= 4 is 5.69 Å². The highest BCUT2D eigenvalue weighted by atomic mass is 19.4. The van der Waals surface area contributed by atoms with Gasteiger partial charge in [0.25, 0.3) is 0 Å². The molecule has 1 saturated carbocycles. The molecule has 112 valence electrons. The zero-order valence-electron chi connectivity index (χ0n) is 11.2. The molecule has 0 radical (unpaired) electrons. The van der Waals surface area contributed by atoms with Crippen molar-refractivity contribution in [2.45, 2.75) is 38.0 Å². The van der Waals surface area contributed by atoms with Crippen LogP contribution in [0.5, 0.6) is 0 Å². The molecule has 6 heteroatoms. The molecule has 0 saturated heterocycles. The van der Waals surface area contributed by atoms with Crippen molar-refractivity contribution in [3.8, 4) is 0 Å². The van der Waals surface area contributed by atoms with Crippen LogP contribution in [0.3, 0.4) is 0 Å². The number of halogens is 3. The average molecular weight is 288 g/mol. The fourth-order valence-corrected chi connectivity index (χ4v) is 2.49. The molecule has 1 aromatic carbocycles. The third kappa shape index (κ3) is 3.07. The first-order valence-electron chi connectivity index (χ1n) is 6.75. The molecule has 0 amide bonds. The largest absolute Gasteiger partial charge is 0.418 e. The number of aliphatic hydroxyl groups is 1. The van der Waals surface area contributed by atoms with E-state index in [1.165, 1.54) is 6.07 Å². The number of nitrogens with two attached hydrogens (primary N) is 1. The Hall–Kier alpha value is -1.27. The van der Waals surface area contributed by atoms with Crippen LogP contribution in [0.25, 0.3) is 0 Å². The van der Waals surface area contributed by atoms with Gasteiger partial charge in [0.15, 0.2) is 0 Å². The number of hydrogen-bond acceptors (Lipinski definition) is 3. The third-order valence-corrected chi connectivity index (χ3v) is 3.77. The maximum Gasteiger partial charge on any atom is 0.418 e. The van der Waals surface area contributed by atoms with Crippen LogP contribution in [0.1, 0.15) is 30.4 Å². The lowest BCUT2D eigenvalue weighted by Gasteiger charge is -2.40. The first kappa shape index (κ1) is 15.1. The van der Waals surface area contributed by atoms with E-state index in [9.17, 15) is 13.2 Å². The van der Waals surface area contributed by atoms with Gasteiger partial charge < -0.3 is 15.7 Å². The Bertz CT molecular complexity index is 458. The first-order chi connectivity index (χ1) is 9.47. The minimum atomic E-state index is -4.42. The molecule has 3 nitrogen and oxygen atoms in total. The third-order valence-electron chi connectivity index (χ3n) is 3.77. The van der Waals surface area contributed by atoms with Crippen molar-refractivity contribution in [2.75, 3.05) is 18.1 Å². The Labute approximate surface area is 116 Å². The van der Waals surface area contributed by atoms with Crippen molar-refractivity contribution < 1.29 is 18.3 Å². The number of rotatable bonds is 5. The summed E-state index contributed by atoms with van der Waals surface area (Å²) in [6.45, 7) is 0.134. The second kappa shape index (κ2) is 6.01. The molecule has 0 aromatic heterocycles. The standard InChI is InChI=1S/C14H19F3N2O/c15-14(16,17)12-8-10(9-18)4-5-13(12)19(6-7-20)11-2-1-3-11/h4-5,8,11,20H,1-3,6-7,9,18H2. The summed E-state index contributed by atoms with van der Waals surface area (Å²) in [5, 5.41) is 9.12. The minimum Gasteiger partial charge on any atom is -0.395 e. The number of alkyl halides is 3. The van der Waals surface area contributed by atoms with Crippen LogP contribution >= 0.6 is 0 Å². The second-order valence-electron chi connectivity index (χ2n) is 5.06. The Balaban J connectivity index is 2.41. The van der Waals surface area contributed by atoms with E-state index in [2.05, 4.69) is 0 Å². The van der Waals surface area contributed by atoms with Gasteiger partial charge in [-0.15, -0.1) is 0 Å². The van der Waals surface area contributed by atoms with Gasteiger partial charge in [0.1, 0.15) is 0 Å². The van der Waals surface area contributed by atoms with Crippen LogP contribution in [0, 0.1) is 0 Å². The predicted octanol–water partition coefficient (Wildman–Crippen LogP) is 2.52. The fourth-order valence-electron chi connectivity index (χ4n) is 2.49. The quantitative estimate of drug-likeness (QED) is 0.875. The Morgan fingerprint density at radius 1 is 1.30 bits per heavy atom. The van der Waals surface area contributed by atoms with Crippen LogP contribution in [0.4, 0.5) is 18.9 Å². The number of benzene rings is 1. The number of hydrogen-bond donors (Lipinski definition) is 2. The van der Waals surface area contributed by atoms with E-state index in [0.29, 0.717) is 5.56 Å². The Morgan fingerprint density at radius 3 is 2.45 bits per heavy atom. The molecule has 20 heavy (non-hydrogen) atoms. The Kier molecular flexibility index (Phi) is 4.55. The summed E-state index contributed by atoms with van der Waals surface area (Å²) >= 11 is 0. The minimum absolute atomic E-state index is 0.0762. The van der Waals surface area contributed by atoms with E-state index >= 15 is 0 Å². The fraction of sp³-hybridized carbons (Fsp3) is 0.571. The van der Waals surface area contributed by atoms with Crippen molar-refractivity contribution in [1.82, 2.24) is 0 Å². The van der Waals surface area contributed by atoms with Gasteiger partial charge in [-0.1, -0.05) is 6.07 Å². The molecule has 0 unspecified atom stereocenters. The molecule has 0 atom stereocenters. The highest BCUT2D eigenvalue weighted by molar-refractivity contribution is 5.57. The van der Waals surface area contributed by atoms with Crippen molar-refractivity contribution in [1.29, 1.82) is 0 Å². The monoisotopic (exact) mass is 288 g/mol. The van der Waals surface area contributed by atoms with E-state index in [-0.39, 0.29) is 31.4 Å². The molecule has 1 fully saturated rings. The lowest BCUT2D eigenvalue weighted by Crippen LogP contribution is -2.42. The zero-order valence-corrected chi connectivity index (χ0v) is 11.2.